The minimum Gasteiger partial charge on any atom is -0.360 e. The zero-order valence-electron chi connectivity index (χ0n) is 12.1. The molecule has 1 saturated heterocycles. The summed E-state index contributed by atoms with van der Waals surface area (Å²) in [7, 11) is 0. The molecule has 2 unspecified atom stereocenters. The molecule has 1 aliphatic heterocycles. The van der Waals surface area contributed by atoms with Crippen molar-refractivity contribution in [2.45, 2.75) is 51.6 Å². The third-order valence-electron chi connectivity index (χ3n) is 3.79. The Bertz CT molecular complexity index is 430. The molecular formula is C16H24N2S. The van der Waals surface area contributed by atoms with Crippen LogP contribution in [0, 0.1) is 0 Å². The first-order valence-corrected chi connectivity index (χ1v) is 8.12. The summed E-state index contributed by atoms with van der Waals surface area (Å²) in [6.07, 6.45) is 3.38. The van der Waals surface area contributed by atoms with Crippen LogP contribution in [-0.4, -0.2) is 22.5 Å². The van der Waals surface area contributed by atoms with E-state index in [9.17, 15) is 0 Å². The fraction of sp³-hybridized carbons (Fsp3) is 0.562. The van der Waals surface area contributed by atoms with Crippen LogP contribution in [0.5, 0.6) is 0 Å². The SMILES string of the molecule is CCC1(C)CCSC(=NC(C)Cc2ccccc2)N1. The quantitative estimate of drug-likeness (QED) is 0.903. The Hall–Kier alpha value is -0.960. The van der Waals surface area contributed by atoms with Crippen LogP contribution in [0.1, 0.15) is 39.2 Å². The van der Waals surface area contributed by atoms with Gasteiger partial charge in [-0.25, -0.2) is 0 Å². The van der Waals surface area contributed by atoms with E-state index in [1.165, 1.54) is 17.7 Å². The first-order valence-electron chi connectivity index (χ1n) is 7.14. The molecule has 1 fully saturated rings. The summed E-state index contributed by atoms with van der Waals surface area (Å²) in [6, 6.07) is 10.9. The van der Waals surface area contributed by atoms with Gasteiger partial charge in [-0.05, 0) is 38.7 Å². The second-order valence-corrected chi connectivity index (χ2v) is 6.69. The molecule has 1 aromatic rings. The van der Waals surface area contributed by atoms with E-state index < -0.39 is 0 Å². The van der Waals surface area contributed by atoms with E-state index in [0.717, 1.165) is 18.0 Å². The molecule has 0 aliphatic carbocycles. The second-order valence-electron chi connectivity index (χ2n) is 5.61. The Morgan fingerprint density at radius 2 is 2.11 bits per heavy atom. The van der Waals surface area contributed by atoms with Gasteiger partial charge in [0.25, 0.3) is 0 Å². The number of rotatable bonds is 4. The van der Waals surface area contributed by atoms with Gasteiger partial charge in [-0.2, -0.15) is 0 Å². The Balaban J connectivity index is 1.97. The van der Waals surface area contributed by atoms with Crippen molar-refractivity contribution in [2.24, 2.45) is 4.99 Å². The number of nitrogens with zero attached hydrogens (tertiary/aromatic N) is 1. The fourth-order valence-electron chi connectivity index (χ4n) is 2.27. The van der Waals surface area contributed by atoms with Crippen LogP contribution in [0.4, 0.5) is 0 Å². The van der Waals surface area contributed by atoms with E-state index in [4.69, 9.17) is 4.99 Å². The zero-order valence-corrected chi connectivity index (χ0v) is 13.0. The first-order chi connectivity index (χ1) is 9.11. The molecule has 1 heterocycles. The summed E-state index contributed by atoms with van der Waals surface area (Å²) in [5.41, 5.74) is 1.59. The monoisotopic (exact) mass is 276 g/mol. The number of hydrogen-bond donors (Lipinski definition) is 1. The lowest BCUT2D eigenvalue weighted by atomic mass is 9.96. The van der Waals surface area contributed by atoms with Crippen molar-refractivity contribution >= 4 is 16.9 Å². The Labute approximate surface area is 121 Å². The van der Waals surface area contributed by atoms with E-state index in [0.29, 0.717) is 6.04 Å². The van der Waals surface area contributed by atoms with Crippen LogP contribution in [0.2, 0.25) is 0 Å². The number of nitrogens with one attached hydrogen (secondary N) is 1. The summed E-state index contributed by atoms with van der Waals surface area (Å²) in [5.74, 6) is 1.17. The fourth-order valence-corrected chi connectivity index (χ4v) is 3.58. The van der Waals surface area contributed by atoms with E-state index in [1.807, 2.05) is 11.8 Å². The van der Waals surface area contributed by atoms with Crippen LogP contribution < -0.4 is 5.32 Å². The minimum absolute atomic E-state index is 0.233. The van der Waals surface area contributed by atoms with Gasteiger partial charge in [0.05, 0.1) is 6.04 Å². The van der Waals surface area contributed by atoms with Gasteiger partial charge in [0.2, 0.25) is 0 Å². The van der Waals surface area contributed by atoms with Gasteiger partial charge in [0, 0.05) is 11.3 Å². The molecule has 1 aromatic carbocycles. The lowest BCUT2D eigenvalue weighted by Gasteiger charge is -2.35. The van der Waals surface area contributed by atoms with Crippen molar-refractivity contribution in [3.63, 3.8) is 0 Å². The molecular weight excluding hydrogens is 252 g/mol. The minimum atomic E-state index is 0.233. The van der Waals surface area contributed by atoms with E-state index >= 15 is 0 Å². The maximum absolute atomic E-state index is 4.84. The highest BCUT2D eigenvalue weighted by Gasteiger charge is 2.27. The molecule has 1 N–H and O–H groups in total. The maximum Gasteiger partial charge on any atom is 0.157 e. The molecule has 0 radical (unpaired) electrons. The zero-order chi connectivity index (χ0) is 13.7. The number of aliphatic imine (C=N–C) groups is 1. The van der Waals surface area contributed by atoms with Crippen LogP contribution in [0.3, 0.4) is 0 Å². The van der Waals surface area contributed by atoms with Crippen LogP contribution in [0.15, 0.2) is 35.3 Å². The van der Waals surface area contributed by atoms with Crippen LogP contribution in [0.25, 0.3) is 0 Å². The maximum atomic E-state index is 4.84. The largest absolute Gasteiger partial charge is 0.360 e. The molecule has 104 valence electrons. The van der Waals surface area contributed by atoms with Crippen molar-refractivity contribution in [1.82, 2.24) is 5.32 Å². The lowest BCUT2D eigenvalue weighted by Crippen LogP contribution is -2.48. The number of benzene rings is 1. The van der Waals surface area contributed by atoms with Crippen molar-refractivity contribution in [3.05, 3.63) is 35.9 Å². The summed E-state index contributed by atoms with van der Waals surface area (Å²) in [6.45, 7) is 6.73. The number of amidine groups is 1. The highest BCUT2D eigenvalue weighted by Crippen LogP contribution is 2.25. The molecule has 0 aromatic heterocycles. The average Bonchev–Trinajstić information content (AvgIpc) is 2.40. The highest BCUT2D eigenvalue weighted by molar-refractivity contribution is 8.13. The summed E-state index contributed by atoms with van der Waals surface area (Å²) in [4.78, 5) is 4.84. The molecule has 2 rings (SSSR count). The van der Waals surface area contributed by atoms with Gasteiger partial charge in [0.15, 0.2) is 5.17 Å². The third-order valence-corrected chi connectivity index (χ3v) is 4.68. The average molecular weight is 276 g/mol. The summed E-state index contributed by atoms with van der Waals surface area (Å²) in [5, 5.41) is 4.73. The standard InChI is InChI=1S/C16H24N2S/c1-4-16(3)10-11-19-15(18-16)17-13(2)12-14-8-6-5-7-9-14/h5-9,13H,4,10-12H2,1-3H3,(H,17,18). The molecule has 2 nitrogen and oxygen atoms in total. The molecule has 0 amide bonds. The van der Waals surface area contributed by atoms with E-state index in [2.05, 4.69) is 56.4 Å². The third kappa shape index (κ3) is 4.27. The molecule has 0 spiro atoms. The molecule has 2 atom stereocenters. The second kappa shape index (κ2) is 6.47. The van der Waals surface area contributed by atoms with Crippen molar-refractivity contribution in [2.75, 3.05) is 5.75 Å². The number of thioether (sulfide) groups is 1. The van der Waals surface area contributed by atoms with Crippen molar-refractivity contribution in [1.29, 1.82) is 0 Å². The summed E-state index contributed by atoms with van der Waals surface area (Å²) < 4.78 is 0. The van der Waals surface area contributed by atoms with Gasteiger partial charge in [-0.1, -0.05) is 49.0 Å². The molecule has 3 heteroatoms. The smallest absolute Gasteiger partial charge is 0.157 e. The topological polar surface area (TPSA) is 24.4 Å². The van der Waals surface area contributed by atoms with E-state index in [1.54, 1.807) is 0 Å². The van der Waals surface area contributed by atoms with Gasteiger partial charge >= 0.3 is 0 Å². The first kappa shape index (κ1) is 14.4. The highest BCUT2D eigenvalue weighted by atomic mass is 32.2. The Kier molecular flexibility index (Phi) is 4.92. The molecule has 1 aliphatic rings. The Morgan fingerprint density at radius 1 is 1.37 bits per heavy atom. The molecule has 0 saturated carbocycles. The number of hydrogen-bond acceptors (Lipinski definition) is 2. The predicted octanol–water partition coefficient (Wildman–Crippen LogP) is 3.87. The normalized spacial score (nSPS) is 27.0. The van der Waals surface area contributed by atoms with Crippen molar-refractivity contribution in [3.8, 4) is 0 Å². The van der Waals surface area contributed by atoms with Crippen LogP contribution >= 0.6 is 11.8 Å². The van der Waals surface area contributed by atoms with Gasteiger partial charge in [0.1, 0.15) is 0 Å². The van der Waals surface area contributed by atoms with Crippen LogP contribution in [-0.2, 0) is 6.42 Å². The Morgan fingerprint density at radius 3 is 2.79 bits per heavy atom. The molecule has 19 heavy (non-hydrogen) atoms. The van der Waals surface area contributed by atoms with Gasteiger partial charge in [-0.15, -0.1) is 0 Å². The van der Waals surface area contributed by atoms with E-state index in [-0.39, 0.29) is 5.54 Å². The van der Waals surface area contributed by atoms with Crippen molar-refractivity contribution < 1.29 is 0 Å². The summed E-state index contributed by atoms with van der Waals surface area (Å²) >= 11 is 1.86. The molecule has 0 bridgehead atoms. The van der Waals surface area contributed by atoms with Gasteiger partial charge in [-0.3, -0.25) is 4.99 Å². The predicted molar refractivity (Wildman–Crippen MR) is 85.9 cm³/mol. The van der Waals surface area contributed by atoms with Gasteiger partial charge < -0.3 is 5.32 Å². The lowest BCUT2D eigenvalue weighted by molar-refractivity contribution is 0.389.